The van der Waals surface area contributed by atoms with E-state index in [4.69, 9.17) is 22.7 Å². The monoisotopic (exact) mass is 274 g/mol. The minimum absolute atomic E-state index is 0.162. The first-order chi connectivity index (χ1) is 9.16. The third kappa shape index (κ3) is 3.69. The Morgan fingerprint density at radius 3 is 2.53 bits per heavy atom. The van der Waals surface area contributed by atoms with Crippen molar-refractivity contribution in [2.24, 2.45) is 5.73 Å². The van der Waals surface area contributed by atoms with Crippen LogP contribution in [0.5, 0.6) is 0 Å². The molecule has 0 saturated heterocycles. The summed E-state index contributed by atoms with van der Waals surface area (Å²) < 4.78 is 0. The van der Waals surface area contributed by atoms with Gasteiger partial charge in [0.2, 0.25) is 0 Å². The number of nitrogens with zero attached hydrogens (tertiary/aromatic N) is 2. The number of amidine groups is 1. The number of rotatable bonds is 5. The normalized spacial score (nSPS) is 10.2. The number of anilines is 2. The molecule has 0 aliphatic rings. The Morgan fingerprint density at radius 1 is 1.21 bits per heavy atom. The highest BCUT2D eigenvalue weighted by atomic mass is 35.5. The van der Waals surface area contributed by atoms with E-state index in [0.29, 0.717) is 18.0 Å². The summed E-state index contributed by atoms with van der Waals surface area (Å²) in [6.07, 6.45) is 2.10. The van der Waals surface area contributed by atoms with Crippen LogP contribution in [-0.2, 0) is 0 Å². The van der Waals surface area contributed by atoms with Gasteiger partial charge in [0.05, 0.1) is 10.9 Å². The van der Waals surface area contributed by atoms with Gasteiger partial charge in [0, 0.05) is 24.8 Å². The molecule has 0 bridgehead atoms. The zero-order valence-electron chi connectivity index (χ0n) is 10.4. The molecular weight excluding hydrogens is 260 g/mol. The molecule has 0 atom stereocenters. The molecular formula is C14H15ClN4. The van der Waals surface area contributed by atoms with E-state index >= 15 is 0 Å². The van der Waals surface area contributed by atoms with E-state index < -0.39 is 0 Å². The largest absolute Gasteiger partial charge is 0.388 e. The van der Waals surface area contributed by atoms with Crippen LogP contribution in [-0.4, -0.2) is 17.4 Å². The second-order valence-electron chi connectivity index (χ2n) is 4.10. The van der Waals surface area contributed by atoms with Crippen molar-refractivity contribution < 1.29 is 0 Å². The van der Waals surface area contributed by atoms with E-state index in [9.17, 15) is 0 Å². The molecule has 0 spiro atoms. The van der Waals surface area contributed by atoms with Crippen molar-refractivity contribution in [1.29, 1.82) is 5.41 Å². The maximum atomic E-state index is 7.36. The van der Waals surface area contributed by atoms with Crippen LogP contribution < -0.4 is 10.6 Å². The van der Waals surface area contributed by atoms with Gasteiger partial charge in [-0.2, -0.15) is 0 Å². The van der Waals surface area contributed by atoms with Crippen molar-refractivity contribution in [3.8, 4) is 0 Å². The lowest BCUT2D eigenvalue weighted by Gasteiger charge is -2.23. The van der Waals surface area contributed by atoms with Crippen LogP contribution in [0.3, 0.4) is 0 Å². The molecule has 0 aliphatic carbocycles. The smallest absolute Gasteiger partial charge is 0.133 e. The molecule has 5 heteroatoms. The maximum absolute atomic E-state index is 7.36. The predicted octanol–water partition coefficient (Wildman–Crippen LogP) is 3.20. The zero-order chi connectivity index (χ0) is 13.7. The van der Waals surface area contributed by atoms with Crippen LogP contribution in [0, 0.1) is 5.41 Å². The van der Waals surface area contributed by atoms with Gasteiger partial charge in [0.25, 0.3) is 0 Å². The molecule has 1 aromatic heterocycles. The molecule has 1 heterocycles. The van der Waals surface area contributed by atoms with Crippen molar-refractivity contribution in [3.05, 3.63) is 53.7 Å². The molecule has 98 valence electrons. The van der Waals surface area contributed by atoms with Gasteiger partial charge in [-0.25, -0.2) is 4.98 Å². The Morgan fingerprint density at radius 2 is 1.95 bits per heavy atom. The highest BCUT2D eigenvalue weighted by Crippen LogP contribution is 2.24. The molecule has 0 amide bonds. The Bertz CT molecular complexity index is 539. The maximum Gasteiger partial charge on any atom is 0.133 e. The summed E-state index contributed by atoms with van der Waals surface area (Å²) in [7, 11) is 0. The molecule has 0 radical (unpaired) electrons. The number of nitrogens with two attached hydrogens (primary N) is 1. The number of hydrogen-bond donors (Lipinski definition) is 2. The van der Waals surface area contributed by atoms with E-state index in [1.54, 1.807) is 12.3 Å². The first-order valence-electron chi connectivity index (χ1n) is 5.94. The standard InChI is InChI=1S/C14H15ClN4/c15-11-6-7-14(18-10-11)19(9-8-13(16)17)12-4-2-1-3-5-12/h1-7,10H,8-9H2,(H3,16,17). The lowest BCUT2D eigenvalue weighted by Crippen LogP contribution is -2.24. The molecule has 3 N–H and O–H groups in total. The Kier molecular flexibility index (Phi) is 4.36. The van der Waals surface area contributed by atoms with E-state index in [0.717, 1.165) is 11.5 Å². The highest BCUT2D eigenvalue weighted by molar-refractivity contribution is 6.30. The van der Waals surface area contributed by atoms with Gasteiger partial charge in [0.15, 0.2) is 0 Å². The number of aromatic nitrogens is 1. The lowest BCUT2D eigenvalue weighted by molar-refractivity contribution is 0.932. The van der Waals surface area contributed by atoms with Crippen LogP contribution in [0.4, 0.5) is 11.5 Å². The van der Waals surface area contributed by atoms with Crippen LogP contribution >= 0.6 is 11.6 Å². The Balaban J connectivity index is 2.28. The summed E-state index contributed by atoms with van der Waals surface area (Å²) in [4.78, 5) is 6.33. The summed E-state index contributed by atoms with van der Waals surface area (Å²) in [6.45, 7) is 0.605. The van der Waals surface area contributed by atoms with E-state index in [1.807, 2.05) is 41.3 Å². The van der Waals surface area contributed by atoms with Gasteiger partial charge >= 0.3 is 0 Å². The Hall–Kier alpha value is -2.07. The molecule has 0 saturated carbocycles. The lowest BCUT2D eigenvalue weighted by atomic mass is 10.2. The SMILES string of the molecule is N=C(N)CCN(c1ccccc1)c1ccc(Cl)cn1. The number of benzene rings is 1. The summed E-state index contributed by atoms with van der Waals surface area (Å²) in [5.74, 6) is 0.951. The van der Waals surface area contributed by atoms with Crippen molar-refractivity contribution in [2.75, 3.05) is 11.4 Å². The minimum Gasteiger partial charge on any atom is -0.388 e. The molecule has 2 aromatic rings. The molecule has 19 heavy (non-hydrogen) atoms. The summed E-state index contributed by atoms with van der Waals surface area (Å²) in [5, 5.41) is 7.96. The third-order valence-electron chi connectivity index (χ3n) is 2.66. The fourth-order valence-corrected chi connectivity index (χ4v) is 1.86. The van der Waals surface area contributed by atoms with Gasteiger partial charge in [-0.1, -0.05) is 29.8 Å². The average Bonchev–Trinajstić information content (AvgIpc) is 2.42. The second kappa shape index (κ2) is 6.20. The topological polar surface area (TPSA) is 66.0 Å². The number of halogens is 1. The van der Waals surface area contributed by atoms with Crippen molar-refractivity contribution in [3.63, 3.8) is 0 Å². The van der Waals surface area contributed by atoms with Gasteiger partial charge in [-0.3, -0.25) is 5.41 Å². The minimum atomic E-state index is 0.162. The van der Waals surface area contributed by atoms with Crippen LogP contribution in [0.2, 0.25) is 5.02 Å². The zero-order valence-corrected chi connectivity index (χ0v) is 11.1. The third-order valence-corrected chi connectivity index (χ3v) is 2.88. The van der Waals surface area contributed by atoms with Gasteiger partial charge in [-0.15, -0.1) is 0 Å². The van der Waals surface area contributed by atoms with Crippen LogP contribution in [0.25, 0.3) is 0 Å². The number of pyridine rings is 1. The second-order valence-corrected chi connectivity index (χ2v) is 4.53. The summed E-state index contributed by atoms with van der Waals surface area (Å²) in [5.41, 5.74) is 6.45. The molecule has 2 rings (SSSR count). The van der Waals surface area contributed by atoms with Crippen molar-refractivity contribution in [1.82, 2.24) is 4.98 Å². The van der Waals surface area contributed by atoms with Crippen molar-refractivity contribution >= 4 is 28.9 Å². The Labute approximate surface area is 117 Å². The molecule has 4 nitrogen and oxygen atoms in total. The van der Waals surface area contributed by atoms with Gasteiger partial charge < -0.3 is 10.6 Å². The molecule has 0 aliphatic heterocycles. The summed E-state index contributed by atoms with van der Waals surface area (Å²) in [6, 6.07) is 13.5. The van der Waals surface area contributed by atoms with Crippen molar-refractivity contribution in [2.45, 2.75) is 6.42 Å². The first kappa shape index (κ1) is 13.4. The molecule has 0 fully saturated rings. The molecule has 0 unspecified atom stereocenters. The van der Waals surface area contributed by atoms with E-state index in [1.165, 1.54) is 0 Å². The fourth-order valence-electron chi connectivity index (χ4n) is 1.74. The van der Waals surface area contributed by atoms with Gasteiger partial charge in [-0.05, 0) is 24.3 Å². The summed E-state index contributed by atoms with van der Waals surface area (Å²) >= 11 is 5.85. The quantitative estimate of drug-likeness (QED) is 0.650. The number of hydrogen-bond acceptors (Lipinski definition) is 3. The number of nitrogens with one attached hydrogen (secondary N) is 1. The van der Waals surface area contributed by atoms with Gasteiger partial charge in [0.1, 0.15) is 5.82 Å². The molecule has 1 aromatic carbocycles. The van der Waals surface area contributed by atoms with Crippen LogP contribution in [0.15, 0.2) is 48.7 Å². The van der Waals surface area contributed by atoms with E-state index in [2.05, 4.69) is 4.98 Å². The fraction of sp³-hybridized carbons (Fsp3) is 0.143. The highest BCUT2D eigenvalue weighted by Gasteiger charge is 2.10. The predicted molar refractivity (Wildman–Crippen MR) is 79.2 cm³/mol. The van der Waals surface area contributed by atoms with Crippen LogP contribution in [0.1, 0.15) is 6.42 Å². The van der Waals surface area contributed by atoms with E-state index in [-0.39, 0.29) is 5.84 Å². The number of para-hydroxylation sites is 1. The first-order valence-corrected chi connectivity index (χ1v) is 6.31. The average molecular weight is 275 g/mol.